The fourth-order valence-corrected chi connectivity index (χ4v) is 1.94. The Morgan fingerprint density at radius 1 is 1.53 bits per heavy atom. The molecule has 0 bridgehead atoms. The molecule has 2 unspecified atom stereocenters. The van der Waals surface area contributed by atoms with E-state index in [2.05, 4.69) is 22.0 Å². The molecule has 0 saturated carbocycles. The van der Waals surface area contributed by atoms with Gasteiger partial charge < -0.3 is 5.11 Å². The van der Waals surface area contributed by atoms with Crippen molar-refractivity contribution in [2.75, 3.05) is 0 Å². The van der Waals surface area contributed by atoms with Crippen molar-refractivity contribution in [3.05, 3.63) is 34.3 Å². The Labute approximate surface area is 98.7 Å². The van der Waals surface area contributed by atoms with E-state index < -0.39 is 6.10 Å². The third-order valence-electron chi connectivity index (χ3n) is 2.34. The van der Waals surface area contributed by atoms with E-state index in [0.717, 1.165) is 22.9 Å². The molecule has 0 aromatic heterocycles. The van der Waals surface area contributed by atoms with Gasteiger partial charge in [-0.2, -0.15) is 5.26 Å². The highest BCUT2D eigenvalue weighted by atomic mass is 79.9. The number of nitriles is 1. The molecule has 0 aliphatic heterocycles. The van der Waals surface area contributed by atoms with Crippen LogP contribution in [0.25, 0.3) is 0 Å². The molecular weight excluding hydrogens is 254 g/mol. The van der Waals surface area contributed by atoms with E-state index in [-0.39, 0.29) is 5.92 Å². The Hall–Kier alpha value is -0.850. The zero-order chi connectivity index (χ0) is 11.3. The van der Waals surface area contributed by atoms with Gasteiger partial charge in [-0.15, -0.1) is 0 Å². The lowest BCUT2D eigenvalue weighted by Gasteiger charge is -2.16. The van der Waals surface area contributed by atoms with Crippen LogP contribution in [0.5, 0.6) is 0 Å². The number of hydrogen-bond acceptors (Lipinski definition) is 2. The number of benzene rings is 1. The molecule has 0 aliphatic carbocycles. The molecule has 1 aromatic carbocycles. The van der Waals surface area contributed by atoms with E-state index in [1.807, 2.05) is 31.2 Å². The number of hydrogen-bond donors (Lipinski definition) is 1. The van der Waals surface area contributed by atoms with Gasteiger partial charge in [0, 0.05) is 4.47 Å². The predicted molar refractivity (Wildman–Crippen MR) is 63.1 cm³/mol. The van der Waals surface area contributed by atoms with E-state index in [4.69, 9.17) is 5.26 Å². The van der Waals surface area contributed by atoms with Gasteiger partial charge in [0.2, 0.25) is 0 Å². The maximum absolute atomic E-state index is 9.99. The van der Waals surface area contributed by atoms with Gasteiger partial charge in [-0.05, 0) is 24.1 Å². The van der Waals surface area contributed by atoms with Crippen LogP contribution in [0.2, 0.25) is 0 Å². The highest BCUT2D eigenvalue weighted by Crippen LogP contribution is 2.26. The van der Waals surface area contributed by atoms with Gasteiger partial charge >= 0.3 is 0 Å². The van der Waals surface area contributed by atoms with Crippen LogP contribution in [0.1, 0.15) is 31.4 Å². The predicted octanol–water partition coefficient (Wildman–Crippen LogP) is 3.42. The molecule has 15 heavy (non-hydrogen) atoms. The standard InChI is InChI=1S/C12H14BrNO/c1-2-4-10(8-14)12(15)9-5-3-6-11(13)7-9/h3,5-7,10,12,15H,2,4H2,1H3. The smallest absolute Gasteiger partial charge is 0.0948 e. The first-order chi connectivity index (χ1) is 7.19. The summed E-state index contributed by atoms with van der Waals surface area (Å²) in [5.41, 5.74) is 0.796. The minimum atomic E-state index is -0.688. The fourth-order valence-electron chi connectivity index (χ4n) is 1.53. The van der Waals surface area contributed by atoms with Crippen molar-refractivity contribution >= 4 is 15.9 Å². The van der Waals surface area contributed by atoms with Crippen molar-refractivity contribution in [3.63, 3.8) is 0 Å². The van der Waals surface area contributed by atoms with Gasteiger partial charge in [0.25, 0.3) is 0 Å². The van der Waals surface area contributed by atoms with E-state index in [9.17, 15) is 5.11 Å². The first-order valence-electron chi connectivity index (χ1n) is 5.02. The maximum atomic E-state index is 9.99. The maximum Gasteiger partial charge on any atom is 0.0948 e. The first-order valence-corrected chi connectivity index (χ1v) is 5.81. The lowest BCUT2D eigenvalue weighted by Crippen LogP contribution is -2.10. The molecule has 0 radical (unpaired) electrons. The van der Waals surface area contributed by atoms with Crippen LogP contribution in [-0.4, -0.2) is 5.11 Å². The van der Waals surface area contributed by atoms with Gasteiger partial charge in [-0.1, -0.05) is 41.4 Å². The number of halogens is 1. The summed E-state index contributed by atoms with van der Waals surface area (Å²) in [5.74, 6) is -0.315. The fraction of sp³-hybridized carbons (Fsp3) is 0.417. The zero-order valence-electron chi connectivity index (χ0n) is 8.65. The highest BCUT2D eigenvalue weighted by molar-refractivity contribution is 9.10. The van der Waals surface area contributed by atoms with Gasteiger partial charge in [0.15, 0.2) is 0 Å². The Kier molecular flexibility index (Phi) is 4.80. The van der Waals surface area contributed by atoms with Crippen LogP contribution < -0.4 is 0 Å². The molecule has 80 valence electrons. The van der Waals surface area contributed by atoms with E-state index in [1.54, 1.807) is 0 Å². The van der Waals surface area contributed by atoms with Crippen LogP contribution in [-0.2, 0) is 0 Å². The molecule has 2 atom stereocenters. The quantitative estimate of drug-likeness (QED) is 0.909. The second-order valence-corrected chi connectivity index (χ2v) is 4.44. The van der Waals surface area contributed by atoms with Crippen LogP contribution in [0.15, 0.2) is 28.7 Å². The second kappa shape index (κ2) is 5.89. The van der Waals surface area contributed by atoms with Crippen molar-refractivity contribution < 1.29 is 5.11 Å². The molecule has 0 heterocycles. The molecule has 2 nitrogen and oxygen atoms in total. The molecule has 1 N–H and O–H groups in total. The van der Waals surface area contributed by atoms with E-state index in [0.29, 0.717) is 0 Å². The van der Waals surface area contributed by atoms with Crippen LogP contribution in [0.4, 0.5) is 0 Å². The Morgan fingerprint density at radius 3 is 2.80 bits per heavy atom. The van der Waals surface area contributed by atoms with Gasteiger partial charge in [-0.25, -0.2) is 0 Å². The lowest BCUT2D eigenvalue weighted by molar-refractivity contribution is 0.130. The monoisotopic (exact) mass is 267 g/mol. The average molecular weight is 268 g/mol. The second-order valence-electron chi connectivity index (χ2n) is 3.52. The van der Waals surface area contributed by atoms with Gasteiger partial charge in [0.1, 0.15) is 0 Å². The van der Waals surface area contributed by atoms with Crippen LogP contribution in [0.3, 0.4) is 0 Å². The third-order valence-corrected chi connectivity index (χ3v) is 2.83. The first kappa shape index (κ1) is 12.2. The Morgan fingerprint density at radius 2 is 2.27 bits per heavy atom. The summed E-state index contributed by atoms with van der Waals surface area (Å²) < 4.78 is 0.923. The molecule has 0 aliphatic rings. The number of aliphatic hydroxyl groups excluding tert-OH is 1. The molecular formula is C12H14BrNO. The zero-order valence-corrected chi connectivity index (χ0v) is 10.2. The third kappa shape index (κ3) is 3.33. The van der Waals surface area contributed by atoms with Crippen molar-refractivity contribution in [1.29, 1.82) is 5.26 Å². The SMILES string of the molecule is CCCC(C#N)C(O)c1cccc(Br)c1. The number of aliphatic hydroxyl groups is 1. The minimum absolute atomic E-state index is 0.315. The molecule has 1 rings (SSSR count). The van der Waals surface area contributed by atoms with E-state index >= 15 is 0 Å². The van der Waals surface area contributed by atoms with E-state index in [1.165, 1.54) is 0 Å². The van der Waals surface area contributed by atoms with Crippen molar-refractivity contribution in [3.8, 4) is 6.07 Å². The number of nitrogens with zero attached hydrogens (tertiary/aromatic N) is 1. The summed E-state index contributed by atoms with van der Waals surface area (Å²) in [7, 11) is 0. The van der Waals surface area contributed by atoms with Crippen LogP contribution >= 0.6 is 15.9 Å². The Bertz CT molecular complexity index is 359. The largest absolute Gasteiger partial charge is 0.387 e. The van der Waals surface area contributed by atoms with Crippen LogP contribution in [0, 0.1) is 17.2 Å². The van der Waals surface area contributed by atoms with Gasteiger partial charge in [0.05, 0.1) is 18.1 Å². The molecule has 0 fully saturated rings. The number of rotatable bonds is 4. The normalized spacial score (nSPS) is 14.3. The Balaban J connectivity index is 2.83. The molecule has 3 heteroatoms. The van der Waals surface area contributed by atoms with Crippen molar-refractivity contribution in [2.45, 2.75) is 25.9 Å². The van der Waals surface area contributed by atoms with Gasteiger partial charge in [-0.3, -0.25) is 0 Å². The highest BCUT2D eigenvalue weighted by Gasteiger charge is 2.19. The summed E-state index contributed by atoms with van der Waals surface area (Å²) >= 11 is 3.35. The summed E-state index contributed by atoms with van der Waals surface area (Å²) in [4.78, 5) is 0. The summed E-state index contributed by atoms with van der Waals surface area (Å²) in [5, 5.41) is 18.9. The summed E-state index contributed by atoms with van der Waals surface area (Å²) in [6.45, 7) is 2.01. The molecule has 0 spiro atoms. The molecule has 0 saturated heterocycles. The minimum Gasteiger partial charge on any atom is -0.387 e. The summed E-state index contributed by atoms with van der Waals surface area (Å²) in [6.07, 6.45) is 0.945. The average Bonchev–Trinajstić information content (AvgIpc) is 2.25. The van der Waals surface area contributed by atoms with Crippen molar-refractivity contribution in [1.82, 2.24) is 0 Å². The van der Waals surface area contributed by atoms with Crippen molar-refractivity contribution in [2.24, 2.45) is 5.92 Å². The molecule has 0 amide bonds. The lowest BCUT2D eigenvalue weighted by atomic mass is 9.93. The summed E-state index contributed by atoms with van der Waals surface area (Å²) in [6, 6.07) is 9.61. The molecule has 1 aromatic rings. The topological polar surface area (TPSA) is 44.0 Å².